The summed E-state index contributed by atoms with van der Waals surface area (Å²) in [6.07, 6.45) is 12.3. The van der Waals surface area contributed by atoms with Gasteiger partial charge in [0.1, 0.15) is 12.0 Å². The Bertz CT molecular complexity index is 892. The Morgan fingerprint density at radius 2 is 1.68 bits per heavy atom. The number of hydrogen-bond acceptors (Lipinski definition) is 3. The molecule has 5 rings (SSSR count). The fourth-order valence-corrected chi connectivity index (χ4v) is 6.44. The lowest BCUT2D eigenvalue weighted by molar-refractivity contribution is -0.111. The summed E-state index contributed by atoms with van der Waals surface area (Å²) in [6, 6.07) is 15.3. The van der Waals surface area contributed by atoms with E-state index in [2.05, 4.69) is 35.2 Å². The molecule has 2 atom stereocenters. The summed E-state index contributed by atoms with van der Waals surface area (Å²) in [6.45, 7) is 1.94. The van der Waals surface area contributed by atoms with E-state index in [1.165, 1.54) is 60.9 Å². The molecule has 0 unspecified atom stereocenters. The molecule has 0 aromatic heterocycles. The number of aldehydes is 1. The summed E-state index contributed by atoms with van der Waals surface area (Å²) in [5, 5.41) is 10.0. The minimum absolute atomic E-state index is 0.238. The monoisotopic (exact) mass is 417 g/mol. The van der Waals surface area contributed by atoms with Crippen molar-refractivity contribution >= 4 is 12.0 Å². The maximum atomic E-state index is 11.1. The highest BCUT2D eigenvalue weighted by Crippen LogP contribution is 2.46. The Hall–Kier alpha value is -2.29. The van der Waals surface area contributed by atoms with Gasteiger partial charge >= 0.3 is 0 Å². The van der Waals surface area contributed by atoms with Gasteiger partial charge in [-0.15, -0.1) is 0 Å². The SMILES string of the molecule is O=CC1CCN(c2ccc([C@@H]3c4ccc(O)cc4CC[C@@H]3CC3CCCC3)cc2)CC1. The molecule has 2 fully saturated rings. The molecule has 1 heterocycles. The standard InChI is InChI=1S/C28H35NO2/c30-19-21-13-15-29(16-14-21)25-9-7-22(8-10-25)28-24(17-20-3-1-2-4-20)6-5-23-18-26(31)11-12-27(23)28/h7-12,18-21,24,28,31H,1-6,13-17H2/t24-,28+/m1/s1. The molecule has 3 nitrogen and oxygen atoms in total. The fourth-order valence-electron chi connectivity index (χ4n) is 6.44. The number of aromatic hydroxyl groups is 1. The second-order valence-electron chi connectivity index (χ2n) is 10.1. The molecule has 0 bridgehead atoms. The van der Waals surface area contributed by atoms with Gasteiger partial charge in [-0.25, -0.2) is 0 Å². The number of carbonyl (C=O) groups excluding carboxylic acids is 1. The third kappa shape index (κ3) is 4.37. The number of phenolic OH excluding ortho intramolecular Hbond substituents is 1. The van der Waals surface area contributed by atoms with E-state index in [1.807, 2.05) is 12.1 Å². The number of piperidine rings is 1. The van der Waals surface area contributed by atoms with Crippen LogP contribution in [0.25, 0.3) is 0 Å². The quantitative estimate of drug-likeness (QED) is 0.599. The van der Waals surface area contributed by atoms with Gasteiger partial charge in [-0.2, -0.15) is 0 Å². The van der Waals surface area contributed by atoms with Gasteiger partial charge in [0.05, 0.1) is 0 Å². The van der Waals surface area contributed by atoms with E-state index in [0.29, 0.717) is 17.6 Å². The van der Waals surface area contributed by atoms with Crippen LogP contribution >= 0.6 is 0 Å². The summed E-state index contributed by atoms with van der Waals surface area (Å²) in [5.74, 6) is 2.64. The highest BCUT2D eigenvalue weighted by atomic mass is 16.3. The zero-order valence-corrected chi connectivity index (χ0v) is 18.5. The van der Waals surface area contributed by atoms with Crippen LogP contribution in [0.5, 0.6) is 5.75 Å². The number of rotatable bonds is 5. The molecule has 2 aromatic rings. The first kappa shape index (κ1) is 20.6. The number of hydrogen-bond donors (Lipinski definition) is 1. The van der Waals surface area contributed by atoms with Crippen molar-refractivity contribution in [2.75, 3.05) is 18.0 Å². The molecular formula is C28H35NO2. The number of phenols is 1. The van der Waals surface area contributed by atoms with Crippen molar-refractivity contribution in [2.24, 2.45) is 17.8 Å². The Kier molecular flexibility index (Phi) is 6.02. The van der Waals surface area contributed by atoms with Crippen molar-refractivity contribution in [1.29, 1.82) is 0 Å². The first-order valence-corrected chi connectivity index (χ1v) is 12.3. The van der Waals surface area contributed by atoms with Crippen LogP contribution in [0.3, 0.4) is 0 Å². The van der Waals surface area contributed by atoms with E-state index in [9.17, 15) is 9.90 Å². The van der Waals surface area contributed by atoms with E-state index >= 15 is 0 Å². The predicted molar refractivity (Wildman–Crippen MR) is 126 cm³/mol. The predicted octanol–water partition coefficient (Wildman–Crippen LogP) is 6.08. The first-order chi connectivity index (χ1) is 15.2. The van der Waals surface area contributed by atoms with E-state index in [4.69, 9.17) is 0 Å². The van der Waals surface area contributed by atoms with Crippen LogP contribution in [0.15, 0.2) is 42.5 Å². The highest BCUT2D eigenvalue weighted by Gasteiger charge is 2.33. The average molecular weight is 418 g/mol. The topological polar surface area (TPSA) is 40.5 Å². The normalized spacial score (nSPS) is 24.8. The number of benzene rings is 2. The lowest BCUT2D eigenvalue weighted by atomic mass is 9.69. The third-order valence-electron chi connectivity index (χ3n) is 8.18. The van der Waals surface area contributed by atoms with Crippen molar-refractivity contribution in [2.45, 2.75) is 63.7 Å². The number of carbonyl (C=O) groups is 1. The summed E-state index contributed by atoms with van der Waals surface area (Å²) in [7, 11) is 0. The van der Waals surface area contributed by atoms with Crippen LogP contribution in [0.2, 0.25) is 0 Å². The second kappa shape index (κ2) is 9.06. The van der Waals surface area contributed by atoms with Gasteiger partial charge in [0.15, 0.2) is 0 Å². The largest absolute Gasteiger partial charge is 0.508 e. The molecule has 1 aliphatic heterocycles. The Labute approximate surface area is 186 Å². The van der Waals surface area contributed by atoms with Crippen molar-refractivity contribution in [3.63, 3.8) is 0 Å². The smallest absolute Gasteiger partial charge is 0.123 e. The number of anilines is 1. The molecule has 164 valence electrons. The molecule has 3 heteroatoms. The summed E-state index contributed by atoms with van der Waals surface area (Å²) in [5.41, 5.74) is 5.45. The molecule has 31 heavy (non-hydrogen) atoms. The maximum Gasteiger partial charge on any atom is 0.123 e. The highest BCUT2D eigenvalue weighted by molar-refractivity contribution is 5.56. The van der Waals surface area contributed by atoms with Crippen molar-refractivity contribution < 1.29 is 9.90 Å². The first-order valence-electron chi connectivity index (χ1n) is 12.3. The lowest BCUT2D eigenvalue weighted by Crippen LogP contribution is -2.34. The molecule has 1 saturated heterocycles. The van der Waals surface area contributed by atoms with Gasteiger partial charge < -0.3 is 14.8 Å². The number of fused-ring (bicyclic) bond motifs is 1. The van der Waals surface area contributed by atoms with Crippen LogP contribution in [0.1, 0.15) is 74.0 Å². The van der Waals surface area contributed by atoms with Crippen molar-refractivity contribution in [1.82, 2.24) is 0 Å². The molecule has 0 radical (unpaired) electrons. The lowest BCUT2D eigenvalue weighted by Gasteiger charge is -2.36. The van der Waals surface area contributed by atoms with E-state index in [1.54, 1.807) is 0 Å². The molecular weight excluding hydrogens is 382 g/mol. The Morgan fingerprint density at radius 3 is 2.39 bits per heavy atom. The van der Waals surface area contributed by atoms with E-state index in [0.717, 1.165) is 44.6 Å². The van der Waals surface area contributed by atoms with Crippen molar-refractivity contribution in [3.8, 4) is 5.75 Å². The number of aryl methyl sites for hydroxylation is 1. The molecule has 1 saturated carbocycles. The molecule has 1 N–H and O–H groups in total. The van der Waals surface area contributed by atoms with Gasteiger partial charge in [0.2, 0.25) is 0 Å². The van der Waals surface area contributed by atoms with Gasteiger partial charge in [-0.1, -0.05) is 43.9 Å². The Balaban J connectivity index is 1.40. The zero-order valence-electron chi connectivity index (χ0n) is 18.5. The van der Waals surface area contributed by atoms with Crippen molar-refractivity contribution in [3.05, 3.63) is 59.2 Å². The fraction of sp³-hybridized carbons (Fsp3) is 0.536. The van der Waals surface area contributed by atoms with Gasteiger partial charge in [0, 0.05) is 30.6 Å². The van der Waals surface area contributed by atoms with E-state index in [-0.39, 0.29) is 5.92 Å². The minimum Gasteiger partial charge on any atom is -0.508 e. The molecule has 2 aliphatic carbocycles. The van der Waals surface area contributed by atoms with Gasteiger partial charge in [0.25, 0.3) is 0 Å². The molecule has 2 aromatic carbocycles. The summed E-state index contributed by atoms with van der Waals surface area (Å²) >= 11 is 0. The van der Waals surface area contributed by atoms with Gasteiger partial charge in [-0.05, 0) is 84.9 Å². The maximum absolute atomic E-state index is 11.1. The van der Waals surface area contributed by atoms with Crippen LogP contribution < -0.4 is 4.90 Å². The van der Waals surface area contributed by atoms with E-state index < -0.39 is 0 Å². The number of nitrogens with zero attached hydrogens (tertiary/aromatic N) is 1. The van der Waals surface area contributed by atoms with Crippen LogP contribution in [-0.4, -0.2) is 24.5 Å². The van der Waals surface area contributed by atoms with Gasteiger partial charge in [-0.3, -0.25) is 0 Å². The second-order valence-corrected chi connectivity index (χ2v) is 10.1. The Morgan fingerprint density at radius 1 is 0.935 bits per heavy atom. The summed E-state index contributed by atoms with van der Waals surface area (Å²) in [4.78, 5) is 13.5. The van der Waals surface area contributed by atoms with Crippen LogP contribution in [0.4, 0.5) is 5.69 Å². The third-order valence-corrected chi connectivity index (χ3v) is 8.18. The molecule has 0 spiro atoms. The van der Waals surface area contributed by atoms with Crippen LogP contribution in [0, 0.1) is 17.8 Å². The molecule has 0 amide bonds. The summed E-state index contributed by atoms with van der Waals surface area (Å²) < 4.78 is 0. The zero-order chi connectivity index (χ0) is 21.2. The average Bonchev–Trinajstić information content (AvgIpc) is 3.32. The minimum atomic E-state index is 0.238. The molecule has 3 aliphatic rings. The van der Waals surface area contributed by atoms with Crippen LogP contribution in [-0.2, 0) is 11.2 Å².